The smallest absolute Gasteiger partial charge is 0.300 e. The highest BCUT2D eigenvalue weighted by Crippen LogP contribution is 2.40. The van der Waals surface area contributed by atoms with Crippen molar-refractivity contribution >= 4 is 12.3 Å². The van der Waals surface area contributed by atoms with E-state index in [1.807, 2.05) is 6.92 Å². The van der Waals surface area contributed by atoms with Crippen LogP contribution in [0.2, 0.25) is 0 Å². The first kappa shape index (κ1) is 23.1. The minimum absolute atomic E-state index is 0.308. The molecule has 0 aliphatic heterocycles. The van der Waals surface area contributed by atoms with E-state index in [2.05, 4.69) is 45.9 Å². The highest BCUT2D eigenvalue weighted by Gasteiger charge is 2.26. The van der Waals surface area contributed by atoms with Gasteiger partial charge in [0, 0.05) is 6.92 Å². The van der Waals surface area contributed by atoms with Crippen LogP contribution in [0.15, 0.2) is 46.6 Å². The maximum atomic E-state index is 10.4. The van der Waals surface area contributed by atoms with Gasteiger partial charge in [0.05, 0.1) is 0 Å². The van der Waals surface area contributed by atoms with Gasteiger partial charge in [-0.25, -0.2) is 0 Å². The van der Waals surface area contributed by atoms with Crippen molar-refractivity contribution in [2.24, 2.45) is 5.41 Å². The lowest BCUT2D eigenvalue weighted by atomic mass is 9.72. The Bertz CT molecular complexity index is 568. The molecular formula is C22H34O3. The van der Waals surface area contributed by atoms with Crippen molar-refractivity contribution in [2.75, 3.05) is 0 Å². The number of carboxylic acids is 1. The number of carbonyl (C=O) groups excluding carboxylic acids is 1. The van der Waals surface area contributed by atoms with Gasteiger partial charge in [-0.1, -0.05) is 48.8 Å². The van der Waals surface area contributed by atoms with Crippen LogP contribution in [0.25, 0.3) is 0 Å². The van der Waals surface area contributed by atoms with E-state index < -0.39 is 5.97 Å². The van der Waals surface area contributed by atoms with Crippen LogP contribution in [0.3, 0.4) is 0 Å². The van der Waals surface area contributed by atoms with E-state index >= 15 is 0 Å². The number of allylic oxidation sites excluding steroid dienone is 8. The zero-order valence-corrected chi connectivity index (χ0v) is 16.7. The normalized spacial score (nSPS) is 18.0. The van der Waals surface area contributed by atoms with Crippen molar-refractivity contribution in [1.82, 2.24) is 0 Å². The number of carbonyl (C=O) groups is 2. The number of rotatable bonds is 6. The van der Waals surface area contributed by atoms with Crippen molar-refractivity contribution in [2.45, 2.75) is 73.6 Å². The van der Waals surface area contributed by atoms with E-state index in [1.165, 1.54) is 30.4 Å². The van der Waals surface area contributed by atoms with Crippen LogP contribution in [0.5, 0.6) is 0 Å². The molecule has 0 radical (unpaired) electrons. The predicted octanol–water partition coefficient (Wildman–Crippen LogP) is 6.03. The maximum Gasteiger partial charge on any atom is 0.300 e. The SMILES string of the molecule is CC(=O)O.CC1=C(/C=C/C(C)=C/CC/C(C)=C/C=O)C(C)(C)CCC1. The van der Waals surface area contributed by atoms with Gasteiger partial charge in [0.25, 0.3) is 5.97 Å². The average molecular weight is 347 g/mol. The quantitative estimate of drug-likeness (QED) is 0.363. The Morgan fingerprint density at radius 1 is 1.24 bits per heavy atom. The summed E-state index contributed by atoms with van der Waals surface area (Å²) in [6.07, 6.45) is 15.1. The third-order valence-electron chi connectivity index (χ3n) is 4.41. The molecule has 1 aliphatic rings. The number of aliphatic carboxylic acids is 1. The molecule has 140 valence electrons. The molecule has 3 nitrogen and oxygen atoms in total. The van der Waals surface area contributed by atoms with Gasteiger partial charge in [-0.05, 0) is 69.9 Å². The second kappa shape index (κ2) is 11.6. The van der Waals surface area contributed by atoms with Crippen molar-refractivity contribution in [3.63, 3.8) is 0 Å². The largest absolute Gasteiger partial charge is 0.481 e. The average Bonchev–Trinajstić information content (AvgIpc) is 2.45. The summed E-state index contributed by atoms with van der Waals surface area (Å²) in [6.45, 7) is 12.2. The Hall–Kier alpha value is -1.90. The van der Waals surface area contributed by atoms with Crippen LogP contribution in [0, 0.1) is 5.41 Å². The van der Waals surface area contributed by atoms with Gasteiger partial charge in [0.1, 0.15) is 6.29 Å². The minimum atomic E-state index is -0.833. The zero-order chi connectivity index (χ0) is 19.5. The van der Waals surface area contributed by atoms with Crippen LogP contribution in [0.1, 0.15) is 73.6 Å². The summed E-state index contributed by atoms with van der Waals surface area (Å²) in [5.41, 5.74) is 5.81. The molecule has 0 aromatic rings. The van der Waals surface area contributed by atoms with E-state index in [4.69, 9.17) is 9.90 Å². The summed E-state index contributed by atoms with van der Waals surface area (Å²) in [7, 11) is 0. The summed E-state index contributed by atoms with van der Waals surface area (Å²) in [6, 6.07) is 0. The second-order valence-electron chi connectivity index (χ2n) is 7.42. The van der Waals surface area contributed by atoms with Gasteiger partial charge >= 0.3 is 0 Å². The summed E-state index contributed by atoms with van der Waals surface area (Å²) >= 11 is 0. The summed E-state index contributed by atoms with van der Waals surface area (Å²) in [5.74, 6) is -0.833. The highest BCUT2D eigenvalue weighted by molar-refractivity contribution is 5.65. The van der Waals surface area contributed by atoms with E-state index in [1.54, 1.807) is 11.6 Å². The first-order valence-electron chi connectivity index (χ1n) is 8.95. The predicted molar refractivity (Wildman–Crippen MR) is 106 cm³/mol. The zero-order valence-electron chi connectivity index (χ0n) is 16.7. The van der Waals surface area contributed by atoms with Gasteiger partial charge in [0.2, 0.25) is 0 Å². The molecule has 0 aromatic carbocycles. The van der Waals surface area contributed by atoms with Crippen LogP contribution >= 0.6 is 0 Å². The molecule has 1 rings (SSSR count). The van der Waals surface area contributed by atoms with Crippen LogP contribution in [-0.4, -0.2) is 17.4 Å². The fourth-order valence-corrected chi connectivity index (χ4v) is 3.02. The van der Waals surface area contributed by atoms with E-state index in [0.29, 0.717) is 5.41 Å². The molecule has 0 spiro atoms. The minimum Gasteiger partial charge on any atom is -0.481 e. The summed E-state index contributed by atoms with van der Waals surface area (Å²) in [5, 5.41) is 7.42. The van der Waals surface area contributed by atoms with Crippen LogP contribution in [-0.2, 0) is 9.59 Å². The molecule has 0 aromatic heterocycles. The van der Waals surface area contributed by atoms with Gasteiger partial charge in [-0.2, -0.15) is 0 Å². The summed E-state index contributed by atoms with van der Waals surface area (Å²) in [4.78, 5) is 19.4. The first-order valence-corrected chi connectivity index (χ1v) is 8.95. The van der Waals surface area contributed by atoms with E-state index in [-0.39, 0.29) is 0 Å². The Balaban J connectivity index is 0.00000129. The number of carboxylic acid groups (broad SMARTS) is 1. The van der Waals surface area contributed by atoms with Crippen molar-refractivity contribution < 1.29 is 14.7 Å². The number of hydrogen-bond acceptors (Lipinski definition) is 2. The Morgan fingerprint density at radius 3 is 2.36 bits per heavy atom. The van der Waals surface area contributed by atoms with Gasteiger partial charge < -0.3 is 5.11 Å². The highest BCUT2D eigenvalue weighted by atomic mass is 16.4. The Morgan fingerprint density at radius 2 is 1.84 bits per heavy atom. The van der Waals surface area contributed by atoms with Crippen LogP contribution < -0.4 is 0 Å². The van der Waals surface area contributed by atoms with Crippen molar-refractivity contribution in [3.8, 4) is 0 Å². The summed E-state index contributed by atoms with van der Waals surface area (Å²) < 4.78 is 0. The molecule has 0 unspecified atom stereocenters. The molecule has 0 saturated carbocycles. The Labute approximate surface area is 153 Å². The molecule has 0 amide bonds. The first-order chi connectivity index (χ1) is 11.6. The van der Waals surface area contributed by atoms with E-state index in [9.17, 15) is 4.79 Å². The van der Waals surface area contributed by atoms with Gasteiger partial charge in [-0.15, -0.1) is 0 Å². The molecule has 0 heterocycles. The van der Waals surface area contributed by atoms with Gasteiger partial charge in [0.15, 0.2) is 0 Å². The molecule has 3 heteroatoms. The standard InChI is InChI=1S/C20H30O.C2H4O2/c1-16(8-6-9-17(2)13-15-21)11-12-19-18(3)10-7-14-20(19,4)5;1-2(3)4/h8,11-13,15H,6-7,9-10,14H2,1-5H3;1H3,(H,3,4)/b12-11+,16-8+,17-13+;. The Kier molecular flexibility index (Phi) is 10.7. The number of hydrogen-bond donors (Lipinski definition) is 1. The lowest BCUT2D eigenvalue weighted by Crippen LogP contribution is -2.19. The molecule has 0 bridgehead atoms. The van der Waals surface area contributed by atoms with Crippen molar-refractivity contribution in [3.05, 3.63) is 46.6 Å². The van der Waals surface area contributed by atoms with Crippen LogP contribution in [0.4, 0.5) is 0 Å². The fraction of sp³-hybridized carbons (Fsp3) is 0.545. The third-order valence-corrected chi connectivity index (χ3v) is 4.41. The molecule has 0 atom stereocenters. The third kappa shape index (κ3) is 10.5. The lowest BCUT2D eigenvalue weighted by molar-refractivity contribution is -0.134. The topological polar surface area (TPSA) is 54.4 Å². The maximum absolute atomic E-state index is 10.4. The molecular weight excluding hydrogens is 312 g/mol. The molecule has 0 fully saturated rings. The molecule has 1 N–H and O–H groups in total. The van der Waals surface area contributed by atoms with Crippen molar-refractivity contribution in [1.29, 1.82) is 0 Å². The lowest BCUT2D eigenvalue weighted by Gasteiger charge is -2.32. The second-order valence-corrected chi connectivity index (χ2v) is 7.42. The monoisotopic (exact) mass is 346 g/mol. The van der Waals surface area contributed by atoms with E-state index in [0.717, 1.165) is 31.6 Å². The molecule has 0 saturated heterocycles. The van der Waals surface area contributed by atoms with Gasteiger partial charge in [-0.3, -0.25) is 9.59 Å². The molecule has 25 heavy (non-hydrogen) atoms. The molecule has 1 aliphatic carbocycles. The fourth-order valence-electron chi connectivity index (χ4n) is 3.02. The number of aldehydes is 1.